The van der Waals surface area contributed by atoms with Gasteiger partial charge in [0.1, 0.15) is 18.3 Å². The number of rotatable bonds is 4. The summed E-state index contributed by atoms with van der Waals surface area (Å²) in [4.78, 5) is 11.7. The molecule has 0 aromatic carbocycles. The van der Waals surface area contributed by atoms with Crippen molar-refractivity contribution < 1.29 is 43.4 Å². The Hall–Kier alpha value is -1.07. The number of hydrogen-bond donors (Lipinski definition) is 2. The van der Waals surface area contributed by atoms with Crippen molar-refractivity contribution >= 4 is 5.97 Å². The highest BCUT2D eigenvalue weighted by Gasteiger charge is 2.67. The molecule has 0 spiro atoms. The quantitative estimate of drug-likeness (QED) is 0.390. The van der Waals surface area contributed by atoms with Crippen molar-refractivity contribution in [3.8, 4) is 0 Å². The molecule has 0 amide bonds. The molecule has 9 nitrogen and oxygen atoms in total. The van der Waals surface area contributed by atoms with E-state index in [0.717, 1.165) is 64.2 Å². The molecule has 7 rings (SSSR count). The molecule has 7 aliphatic rings. The minimum Gasteiger partial charge on any atom is -0.435 e. The molecule has 6 fully saturated rings. The zero-order valence-electron chi connectivity index (χ0n) is 24.1. The highest BCUT2D eigenvalue weighted by molar-refractivity contribution is 5.71. The van der Waals surface area contributed by atoms with Crippen LogP contribution in [0.1, 0.15) is 84.5 Å². The number of hydrogen-bond acceptors (Lipinski definition) is 9. The average Bonchev–Trinajstić information content (AvgIpc) is 3.51. The number of cyclic esters (lactones) is 1. The highest BCUT2D eigenvalue weighted by atomic mass is 16.9. The molecular weight excluding hydrogens is 516 g/mol. The summed E-state index contributed by atoms with van der Waals surface area (Å²) in [6.45, 7) is 4.13. The molecule has 2 saturated heterocycles. The van der Waals surface area contributed by atoms with Crippen LogP contribution in [0.25, 0.3) is 0 Å². The van der Waals surface area contributed by atoms with Crippen LogP contribution in [0.4, 0.5) is 0 Å². The molecule has 4 saturated carbocycles. The Kier molecular flexibility index (Phi) is 6.93. The third kappa shape index (κ3) is 4.09. The lowest BCUT2D eigenvalue weighted by Gasteiger charge is -2.64. The Bertz CT molecular complexity index is 1030. The molecule has 3 heterocycles. The smallest absolute Gasteiger partial charge is 0.310 e. The van der Waals surface area contributed by atoms with Crippen LogP contribution in [0, 0.1) is 34.5 Å². The maximum Gasteiger partial charge on any atom is 0.310 e. The number of methoxy groups -OCH3 is 1. The van der Waals surface area contributed by atoms with Crippen molar-refractivity contribution in [2.24, 2.45) is 34.5 Å². The molecule has 9 heteroatoms. The number of aliphatic hydroxyl groups is 2. The summed E-state index contributed by atoms with van der Waals surface area (Å²) in [5.41, 5.74) is 0.559. The highest BCUT2D eigenvalue weighted by Crippen LogP contribution is 2.70. The number of aliphatic hydroxyl groups excluding tert-OH is 1. The first-order valence-electron chi connectivity index (χ1n) is 15.6. The van der Waals surface area contributed by atoms with E-state index in [1.807, 2.05) is 0 Å². The first kappa shape index (κ1) is 27.7. The molecular formula is C31H46O9. The summed E-state index contributed by atoms with van der Waals surface area (Å²) < 4.78 is 34.5. The minimum atomic E-state index is -0.815. The van der Waals surface area contributed by atoms with Crippen LogP contribution in [0.5, 0.6) is 0 Å². The lowest BCUT2D eigenvalue weighted by Crippen LogP contribution is -2.62. The fraction of sp³-hybridized carbons (Fsp3) is 0.903. The molecule has 6 unspecified atom stereocenters. The van der Waals surface area contributed by atoms with Gasteiger partial charge in [-0.15, -0.1) is 0 Å². The van der Waals surface area contributed by atoms with Crippen LogP contribution < -0.4 is 0 Å². The largest absolute Gasteiger partial charge is 0.435 e. The van der Waals surface area contributed by atoms with E-state index < -0.39 is 36.7 Å². The summed E-state index contributed by atoms with van der Waals surface area (Å²) in [6, 6.07) is 0. The van der Waals surface area contributed by atoms with Gasteiger partial charge < -0.3 is 38.6 Å². The van der Waals surface area contributed by atoms with Crippen LogP contribution in [-0.4, -0.2) is 72.7 Å². The van der Waals surface area contributed by atoms with Crippen molar-refractivity contribution in [2.75, 3.05) is 13.7 Å². The number of ether oxygens (including phenoxy) is 6. The van der Waals surface area contributed by atoms with E-state index in [-0.39, 0.29) is 29.5 Å². The normalized spacial score (nSPS) is 54.0. The standard InChI is InChI=1S/C31H46O9/c1-29-11-8-19(38-27-26-25(23(32)16-37-27)39-28(35-3)40-26)14-18(29)5-6-22-21(29)9-12-30(2)20(10-13-31(22,30)34)17-4-7-24(33)36-15-17/h15,18-23,25-28,32,34H,4-14,16H2,1-3H3/t18?,19-,20?,21?,22?,23+,25+,26+,27?,28?,29-,30+,31-/m0/s1. The van der Waals surface area contributed by atoms with E-state index >= 15 is 0 Å². The second-order valence-electron chi connectivity index (χ2n) is 14.2. The number of carbonyl (C=O) groups excluding carboxylic acids is 1. The van der Waals surface area contributed by atoms with E-state index in [0.29, 0.717) is 30.1 Å². The van der Waals surface area contributed by atoms with E-state index in [1.165, 1.54) is 12.7 Å². The van der Waals surface area contributed by atoms with Crippen LogP contribution in [0.2, 0.25) is 0 Å². The zero-order valence-corrected chi connectivity index (χ0v) is 24.1. The second-order valence-corrected chi connectivity index (χ2v) is 14.2. The third-order valence-corrected chi connectivity index (χ3v) is 12.7. The first-order valence-corrected chi connectivity index (χ1v) is 15.6. The van der Waals surface area contributed by atoms with Crippen molar-refractivity contribution in [3.63, 3.8) is 0 Å². The lowest BCUT2D eigenvalue weighted by atomic mass is 9.43. The number of allylic oxidation sites excluding steroid dienone is 1. The van der Waals surface area contributed by atoms with Gasteiger partial charge in [0.2, 0.25) is 0 Å². The molecule has 40 heavy (non-hydrogen) atoms. The Morgan fingerprint density at radius 3 is 2.58 bits per heavy atom. The maximum absolute atomic E-state index is 12.5. The Labute approximate surface area is 236 Å². The zero-order chi connectivity index (χ0) is 27.9. The molecule has 224 valence electrons. The Balaban J connectivity index is 1.04. The van der Waals surface area contributed by atoms with E-state index in [1.54, 1.807) is 6.26 Å². The summed E-state index contributed by atoms with van der Waals surface area (Å²) >= 11 is 0. The van der Waals surface area contributed by atoms with Crippen molar-refractivity contribution in [2.45, 2.75) is 127 Å². The molecule has 0 radical (unpaired) electrons. The van der Waals surface area contributed by atoms with Gasteiger partial charge in [0.05, 0.1) is 24.6 Å². The van der Waals surface area contributed by atoms with E-state index in [4.69, 9.17) is 28.4 Å². The second kappa shape index (κ2) is 10.00. The van der Waals surface area contributed by atoms with Gasteiger partial charge >= 0.3 is 5.97 Å². The molecule has 13 atom stereocenters. The van der Waals surface area contributed by atoms with Gasteiger partial charge in [-0.05, 0) is 98.9 Å². The summed E-state index contributed by atoms with van der Waals surface area (Å²) in [5.74, 6) is 1.49. The van der Waals surface area contributed by atoms with Crippen molar-refractivity contribution in [1.82, 2.24) is 0 Å². The predicted octanol–water partition coefficient (Wildman–Crippen LogP) is 3.80. The summed E-state index contributed by atoms with van der Waals surface area (Å²) in [5, 5.41) is 22.8. The van der Waals surface area contributed by atoms with Crippen LogP contribution in [0.3, 0.4) is 0 Å². The SMILES string of the molecule is COC1O[C@@H]2[C@H](O)COC(O[C@H]3CC[C@@]4(C)C(CCC5C4CC[C@]4(C)C(C6=COC(=O)CC6)CC[C@]54O)C3)[C@@H]2O1. The van der Waals surface area contributed by atoms with Gasteiger partial charge in [-0.1, -0.05) is 13.8 Å². The third-order valence-electron chi connectivity index (χ3n) is 12.7. The van der Waals surface area contributed by atoms with Gasteiger partial charge in [0.25, 0.3) is 6.48 Å². The van der Waals surface area contributed by atoms with Crippen LogP contribution in [-0.2, 0) is 33.2 Å². The molecule has 0 aromatic rings. The van der Waals surface area contributed by atoms with Crippen LogP contribution in [0.15, 0.2) is 11.8 Å². The fourth-order valence-electron chi connectivity index (χ4n) is 10.4. The van der Waals surface area contributed by atoms with Crippen molar-refractivity contribution in [1.29, 1.82) is 0 Å². The molecule has 2 N–H and O–H groups in total. The molecule has 0 bridgehead atoms. The monoisotopic (exact) mass is 562 g/mol. The minimum absolute atomic E-state index is 0.0643. The van der Waals surface area contributed by atoms with Crippen LogP contribution >= 0.6 is 0 Å². The molecule has 3 aliphatic heterocycles. The molecule has 4 aliphatic carbocycles. The van der Waals surface area contributed by atoms with Gasteiger partial charge in [0, 0.05) is 18.9 Å². The first-order chi connectivity index (χ1) is 19.2. The number of fused-ring (bicyclic) bond motifs is 6. The topological polar surface area (TPSA) is 113 Å². The Morgan fingerprint density at radius 2 is 1.80 bits per heavy atom. The van der Waals surface area contributed by atoms with Gasteiger partial charge in [0.15, 0.2) is 6.29 Å². The fourth-order valence-corrected chi connectivity index (χ4v) is 10.4. The number of esters is 1. The summed E-state index contributed by atoms with van der Waals surface area (Å²) in [7, 11) is 1.52. The Morgan fingerprint density at radius 1 is 0.975 bits per heavy atom. The van der Waals surface area contributed by atoms with Gasteiger partial charge in [-0.3, -0.25) is 4.79 Å². The lowest BCUT2D eigenvalue weighted by molar-refractivity contribution is -0.279. The molecule has 0 aromatic heterocycles. The van der Waals surface area contributed by atoms with Gasteiger partial charge in [-0.2, -0.15) is 0 Å². The van der Waals surface area contributed by atoms with E-state index in [2.05, 4.69) is 13.8 Å². The summed E-state index contributed by atoms with van der Waals surface area (Å²) in [6.07, 6.45) is 9.72. The van der Waals surface area contributed by atoms with Crippen molar-refractivity contribution in [3.05, 3.63) is 11.8 Å². The number of carbonyl (C=O) groups is 1. The van der Waals surface area contributed by atoms with E-state index in [9.17, 15) is 15.0 Å². The predicted molar refractivity (Wildman–Crippen MR) is 141 cm³/mol. The average molecular weight is 563 g/mol. The van der Waals surface area contributed by atoms with Gasteiger partial charge in [-0.25, -0.2) is 0 Å². The maximum atomic E-state index is 12.5.